The maximum atomic E-state index is 7.10. The van der Waals surface area contributed by atoms with Crippen molar-refractivity contribution in [2.75, 3.05) is 38.5 Å². The van der Waals surface area contributed by atoms with E-state index in [1.807, 2.05) is 48.1 Å². The molecule has 1 N–H and O–H groups in total. The molecule has 0 radical (unpaired) electrons. The van der Waals surface area contributed by atoms with Crippen LogP contribution in [0, 0.1) is 6.57 Å². The van der Waals surface area contributed by atoms with E-state index in [0.29, 0.717) is 12.2 Å². The van der Waals surface area contributed by atoms with Gasteiger partial charge in [-0.15, -0.1) is 11.3 Å². The number of likely N-dealkylation sites (N-methyl/N-ethyl adjacent to an activating group) is 1. The third-order valence-corrected chi connectivity index (χ3v) is 7.33. The van der Waals surface area contributed by atoms with Crippen LogP contribution in [0.4, 0.5) is 11.4 Å². The Morgan fingerprint density at radius 3 is 2.64 bits per heavy atom. The van der Waals surface area contributed by atoms with E-state index in [1.165, 1.54) is 15.0 Å². The number of benzene rings is 2. The molecule has 1 aliphatic rings. The second-order valence-corrected chi connectivity index (χ2v) is 9.86. The SMILES string of the molecule is [C-]#[N+]c1ccc(Cn2cncc2CNc2ccc3sc(CN4CCN(C)CC4)cc3c2)cc1. The Labute approximate surface area is 198 Å². The van der Waals surface area contributed by atoms with Gasteiger partial charge in [-0.1, -0.05) is 24.3 Å². The molecule has 0 bridgehead atoms. The monoisotopic (exact) mass is 456 g/mol. The molecule has 0 spiro atoms. The van der Waals surface area contributed by atoms with Crippen molar-refractivity contribution in [2.45, 2.75) is 19.6 Å². The van der Waals surface area contributed by atoms with Gasteiger partial charge >= 0.3 is 0 Å². The Bertz CT molecular complexity index is 1260. The van der Waals surface area contributed by atoms with Crippen LogP contribution in [0.2, 0.25) is 0 Å². The van der Waals surface area contributed by atoms with Crippen LogP contribution in [0.1, 0.15) is 16.1 Å². The minimum atomic E-state index is 0.668. The summed E-state index contributed by atoms with van der Waals surface area (Å²) in [6.07, 6.45) is 3.78. The van der Waals surface area contributed by atoms with Crippen LogP contribution in [0.15, 0.2) is 61.1 Å². The summed E-state index contributed by atoms with van der Waals surface area (Å²) in [5, 5.41) is 4.88. The van der Waals surface area contributed by atoms with Crippen molar-refractivity contribution in [3.8, 4) is 0 Å². The van der Waals surface area contributed by atoms with Crippen LogP contribution in [0.3, 0.4) is 0 Å². The number of nitrogens with zero attached hydrogens (tertiary/aromatic N) is 5. The fourth-order valence-electron chi connectivity index (χ4n) is 4.22. The topological polar surface area (TPSA) is 40.7 Å². The molecule has 168 valence electrons. The number of hydrogen-bond donors (Lipinski definition) is 1. The molecule has 1 fully saturated rings. The fraction of sp³-hybridized carbons (Fsp3) is 0.308. The van der Waals surface area contributed by atoms with E-state index in [1.54, 1.807) is 0 Å². The van der Waals surface area contributed by atoms with Gasteiger partial charge in [-0.3, -0.25) is 4.90 Å². The summed E-state index contributed by atoms with van der Waals surface area (Å²) < 4.78 is 3.49. The van der Waals surface area contributed by atoms with Gasteiger partial charge in [0.15, 0.2) is 5.69 Å². The Kier molecular flexibility index (Phi) is 6.40. The van der Waals surface area contributed by atoms with Crippen LogP contribution < -0.4 is 5.32 Å². The van der Waals surface area contributed by atoms with Crippen LogP contribution >= 0.6 is 11.3 Å². The highest BCUT2D eigenvalue weighted by atomic mass is 32.1. The molecular weight excluding hydrogens is 428 g/mol. The van der Waals surface area contributed by atoms with Gasteiger partial charge in [-0.05, 0) is 42.3 Å². The summed E-state index contributed by atoms with van der Waals surface area (Å²) in [5.41, 5.74) is 4.09. The molecule has 2 aromatic carbocycles. The smallest absolute Gasteiger partial charge is 0.187 e. The number of anilines is 1. The molecule has 0 unspecified atom stereocenters. The van der Waals surface area contributed by atoms with E-state index in [4.69, 9.17) is 6.57 Å². The van der Waals surface area contributed by atoms with Crippen molar-refractivity contribution in [1.29, 1.82) is 0 Å². The molecule has 0 aliphatic carbocycles. The molecule has 6 nitrogen and oxygen atoms in total. The molecule has 0 atom stereocenters. The van der Waals surface area contributed by atoms with E-state index in [2.05, 4.69) is 60.8 Å². The predicted octanol–water partition coefficient (Wildman–Crippen LogP) is 5.06. The summed E-state index contributed by atoms with van der Waals surface area (Å²) in [4.78, 5) is 14.2. The molecule has 4 aromatic rings. The van der Waals surface area contributed by atoms with Crippen LogP contribution in [0.25, 0.3) is 14.9 Å². The number of thiophene rings is 1. The van der Waals surface area contributed by atoms with Gasteiger partial charge in [-0.2, -0.15) is 0 Å². The molecule has 3 heterocycles. The molecule has 0 saturated carbocycles. The van der Waals surface area contributed by atoms with E-state index >= 15 is 0 Å². The first-order valence-electron chi connectivity index (χ1n) is 11.3. The largest absolute Gasteiger partial charge is 0.379 e. The summed E-state index contributed by atoms with van der Waals surface area (Å²) >= 11 is 1.91. The normalized spacial score (nSPS) is 15.0. The van der Waals surface area contributed by atoms with E-state index in [-0.39, 0.29) is 0 Å². The second-order valence-electron chi connectivity index (χ2n) is 8.69. The average Bonchev–Trinajstić information content (AvgIpc) is 3.45. The maximum absolute atomic E-state index is 7.10. The van der Waals surface area contributed by atoms with Crippen LogP contribution in [-0.2, 0) is 19.6 Å². The maximum Gasteiger partial charge on any atom is 0.187 e. The highest BCUT2D eigenvalue weighted by molar-refractivity contribution is 7.19. The number of piperazine rings is 1. The molecule has 7 heteroatoms. The number of imidazole rings is 1. The van der Waals surface area contributed by atoms with Crippen LogP contribution in [0.5, 0.6) is 0 Å². The molecule has 2 aromatic heterocycles. The summed E-state index contributed by atoms with van der Waals surface area (Å²) in [7, 11) is 2.20. The number of hydrogen-bond acceptors (Lipinski definition) is 5. The number of rotatable bonds is 7. The van der Waals surface area contributed by atoms with Gasteiger partial charge < -0.3 is 14.8 Å². The van der Waals surface area contributed by atoms with Crippen molar-refractivity contribution >= 4 is 32.8 Å². The lowest BCUT2D eigenvalue weighted by atomic mass is 10.2. The lowest BCUT2D eigenvalue weighted by molar-refractivity contribution is 0.149. The predicted molar refractivity (Wildman–Crippen MR) is 136 cm³/mol. The van der Waals surface area contributed by atoms with Crippen molar-refractivity contribution in [3.05, 3.63) is 88.6 Å². The average molecular weight is 457 g/mol. The van der Waals surface area contributed by atoms with Gasteiger partial charge in [0.1, 0.15) is 0 Å². The highest BCUT2D eigenvalue weighted by Gasteiger charge is 2.15. The first kappa shape index (κ1) is 21.7. The third kappa shape index (κ3) is 5.25. The van der Waals surface area contributed by atoms with E-state index in [9.17, 15) is 0 Å². The summed E-state index contributed by atoms with van der Waals surface area (Å²) in [6.45, 7) is 14.2. The molecule has 33 heavy (non-hydrogen) atoms. The molecule has 1 aliphatic heterocycles. The summed E-state index contributed by atoms with van der Waals surface area (Å²) in [5.74, 6) is 0. The van der Waals surface area contributed by atoms with Crippen molar-refractivity contribution in [2.24, 2.45) is 0 Å². The lowest BCUT2D eigenvalue weighted by Crippen LogP contribution is -2.43. The quantitative estimate of drug-likeness (QED) is 0.395. The van der Waals surface area contributed by atoms with Crippen molar-refractivity contribution in [1.82, 2.24) is 19.4 Å². The van der Waals surface area contributed by atoms with E-state index < -0.39 is 0 Å². The van der Waals surface area contributed by atoms with Crippen molar-refractivity contribution < 1.29 is 0 Å². The minimum Gasteiger partial charge on any atom is -0.379 e. The second kappa shape index (κ2) is 9.75. The van der Waals surface area contributed by atoms with Gasteiger partial charge in [0.2, 0.25) is 0 Å². The number of nitrogens with one attached hydrogen (secondary N) is 1. The first-order chi connectivity index (χ1) is 16.2. The number of aromatic nitrogens is 2. The molecule has 5 rings (SSSR count). The van der Waals surface area contributed by atoms with Crippen molar-refractivity contribution in [3.63, 3.8) is 0 Å². The van der Waals surface area contributed by atoms with Gasteiger partial charge in [0, 0.05) is 60.7 Å². The van der Waals surface area contributed by atoms with E-state index in [0.717, 1.165) is 56.2 Å². The zero-order chi connectivity index (χ0) is 22.6. The third-order valence-electron chi connectivity index (χ3n) is 6.23. The minimum absolute atomic E-state index is 0.668. The van der Waals surface area contributed by atoms with Gasteiger partial charge in [0.25, 0.3) is 0 Å². The van der Waals surface area contributed by atoms with Gasteiger partial charge in [-0.25, -0.2) is 9.83 Å². The zero-order valence-electron chi connectivity index (χ0n) is 18.9. The van der Waals surface area contributed by atoms with Gasteiger partial charge in [0.05, 0.1) is 25.1 Å². The highest BCUT2D eigenvalue weighted by Crippen LogP contribution is 2.29. The lowest BCUT2D eigenvalue weighted by Gasteiger charge is -2.31. The number of fused-ring (bicyclic) bond motifs is 1. The Balaban J connectivity index is 1.22. The molecule has 1 saturated heterocycles. The molecule has 0 amide bonds. The molecular formula is C26H28N6S. The van der Waals surface area contributed by atoms with Crippen LogP contribution in [-0.4, -0.2) is 52.6 Å². The Morgan fingerprint density at radius 2 is 1.85 bits per heavy atom. The Hall–Kier alpha value is -3.18. The summed E-state index contributed by atoms with van der Waals surface area (Å²) in [6, 6.07) is 16.7. The fourth-order valence-corrected chi connectivity index (χ4v) is 5.30. The Morgan fingerprint density at radius 1 is 1.03 bits per heavy atom. The first-order valence-corrected chi connectivity index (χ1v) is 12.1. The standard InChI is InChI=1S/C26H28N6S/c1-27-22-5-3-20(4-6-22)17-32-19-28-15-24(32)16-29-23-7-8-26-21(13-23)14-25(33-26)18-31-11-9-30(2)10-12-31/h3-8,13-15,19,29H,9-12,16-18H2,2H3. The zero-order valence-corrected chi connectivity index (χ0v) is 19.7.